The number of aromatic nitrogens is 3. The number of nitrogens with one attached hydrogen (secondary N) is 2. The van der Waals surface area contributed by atoms with Crippen LogP contribution in [0.3, 0.4) is 0 Å². The number of hydrogen-bond donors (Lipinski definition) is 2. The minimum Gasteiger partial charge on any atom is -0.497 e. The van der Waals surface area contributed by atoms with E-state index in [2.05, 4.69) is 20.7 Å². The van der Waals surface area contributed by atoms with Gasteiger partial charge in [0, 0.05) is 18.5 Å². The lowest BCUT2D eigenvalue weighted by atomic mass is 10.2. The zero-order valence-corrected chi connectivity index (χ0v) is 18.3. The highest BCUT2D eigenvalue weighted by Gasteiger charge is 2.15. The van der Waals surface area contributed by atoms with Crippen LogP contribution in [0.5, 0.6) is 5.75 Å². The van der Waals surface area contributed by atoms with Gasteiger partial charge in [0.2, 0.25) is 0 Å². The van der Waals surface area contributed by atoms with Gasteiger partial charge in [0.15, 0.2) is 21.2 Å². The highest BCUT2D eigenvalue weighted by atomic mass is 32.2. The lowest BCUT2D eigenvalue weighted by molar-refractivity contribution is 0.102. The average molecular weight is 452 g/mol. The van der Waals surface area contributed by atoms with Crippen molar-refractivity contribution in [3.63, 3.8) is 0 Å². The first-order chi connectivity index (χ1) is 15.3. The summed E-state index contributed by atoms with van der Waals surface area (Å²) in [5.74, 6) is 0.895. The largest absolute Gasteiger partial charge is 0.497 e. The molecule has 0 aliphatic heterocycles. The maximum Gasteiger partial charge on any atom is 0.276 e. The van der Waals surface area contributed by atoms with Crippen molar-refractivity contribution in [1.82, 2.24) is 14.6 Å². The van der Waals surface area contributed by atoms with Crippen LogP contribution in [0.4, 0.5) is 11.5 Å². The third kappa shape index (κ3) is 4.70. The van der Waals surface area contributed by atoms with Crippen molar-refractivity contribution in [2.45, 2.75) is 11.4 Å². The van der Waals surface area contributed by atoms with E-state index in [0.717, 1.165) is 17.6 Å². The first-order valence-corrected chi connectivity index (χ1v) is 11.6. The minimum atomic E-state index is -3.38. The van der Waals surface area contributed by atoms with Gasteiger partial charge in [-0.1, -0.05) is 18.2 Å². The van der Waals surface area contributed by atoms with Gasteiger partial charge in [-0.05, 0) is 48.0 Å². The molecule has 4 aromatic rings. The van der Waals surface area contributed by atoms with Crippen molar-refractivity contribution in [3.05, 3.63) is 78.1 Å². The summed E-state index contributed by atoms with van der Waals surface area (Å²) in [6.45, 7) is 0.539. The number of anilines is 2. The average Bonchev–Trinajstić information content (AvgIpc) is 3.21. The fraction of sp³-hybridized carbons (Fsp3) is 0.136. The summed E-state index contributed by atoms with van der Waals surface area (Å²) in [5, 5.41) is 10.4. The monoisotopic (exact) mass is 451 g/mol. The molecule has 0 aliphatic rings. The molecule has 4 rings (SSSR count). The third-order valence-corrected chi connectivity index (χ3v) is 5.86. The number of rotatable bonds is 7. The fourth-order valence-electron chi connectivity index (χ4n) is 3.06. The highest BCUT2D eigenvalue weighted by molar-refractivity contribution is 7.90. The number of hydrogen-bond acceptors (Lipinski definition) is 7. The summed E-state index contributed by atoms with van der Waals surface area (Å²) in [6, 6.07) is 17.3. The van der Waals surface area contributed by atoms with Crippen LogP contribution in [0.15, 0.2) is 71.8 Å². The standard InChI is InChI=1S/C22H21N5O4S/c1-31-17-8-6-15(7-9-17)13-23-20-10-11-21-24-14-19(27(21)26-20)22(28)25-16-4-3-5-18(12-16)32(2,29)30/h3-12,14H,13H2,1-2H3,(H,23,26)(H,25,28). The van der Waals surface area contributed by atoms with Crippen LogP contribution in [-0.2, 0) is 16.4 Å². The normalized spacial score (nSPS) is 11.3. The van der Waals surface area contributed by atoms with Gasteiger partial charge >= 0.3 is 0 Å². The number of carbonyl (C=O) groups is 1. The Labute approximate surface area is 185 Å². The predicted molar refractivity (Wildman–Crippen MR) is 121 cm³/mol. The number of sulfone groups is 1. The zero-order chi connectivity index (χ0) is 22.7. The summed E-state index contributed by atoms with van der Waals surface area (Å²) in [6.07, 6.45) is 2.54. The van der Waals surface area contributed by atoms with E-state index in [0.29, 0.717) is 23.7 Å². The van der Waals surface area contributed by atoms with Crippen LogP contribution in [0.25, 0.3) is 5.65 Å². The molecule has 0 bridgehead atoms. The molecule has 32 heavy (non-hydrogen) atoms. The van der Waals surface area contributed by atoms with Gasteiger partial charge in [-0.3, -0.25) is 4.79 Å². The summed E-state index contributed by atoms with van der Waals surface area (Å²) >= 11 is 0. The molecular weight excluding hydrogens is 430 g/mol. The molecule has 0 atom stereocenters. The molecule has 0 radical (unpaired) electrons. The quantitative estimate of drug-likeness (QED) is 0.444. The maximum atomic E-state index is 12.8. The number of imidazole rings is 1. The predicted octanol–water partition coefficient (Wildman–Crippen LogP) is 3.01. The maximum absolute atomic E-state index is 12.8. The summed E-state index contributed by atoms with van der Waals surface area (Å²) < 4.78 is 30.1. The molecule has 2 aromatic heterocycles. The van der Waals surface area contributed by atoms with Crippen LogP contribution in [0, 0.1) is 0 Å². The van der Waals surface area contributed by atoms with Crippen LogP contribution in [0.1, 0.15) is 16.1 Å². The molecule has 2 heterocycles. The molecule has 164 valence electrons. The Morgan fingerprint density at radius 1 is 1.09 bits per heavy atom. The van der Waals surface area contributed by atoms with Crippen molar-refractivity contribution >= 4 is 32.9 Å². The van der Waals surface area contributed by atoms with E-state index in [1.165, 1.54) is 22.8 Å². The Kier molecular flexibility index (Phi) is 5.78. The number of methoxy groups -OCH3 is 1. The molecule has 0 saturated carbocycles. The molecule has 2 aromatic carbocycles. The molecule has 0 unspecified atom stereocenters. The van der Waals surface area contributed by atoms with E-state index >= 15 is 0 Å². The topological polar surface area (TPSA) is 115 Å². The number of ether oxygens (including phenoxy) is 1. The third-order valence-electron chi connectivity index (χ3n) is 4.75. The first kappa shape index (κ1) is 21.3. The lowest BCUT2D eigenvalue weighted by Crippen LogP contribution is -2.16. The number of benzene rings is 2. The minimum absolute atomic E-state index is 0.122. The SMILES string of the molecule is COc1ccc(CNc2ccc3ncc(C(=O)Nc4cccc(S(C)(=O)=O)c4)n3n2)cc1. The number of carbonyl (C=O) groups excluding carboxylic acids is 1. The van der Waals surface area contributed by atoms with E-state index in [9.17, 15) is 13.2 Å². The van der Waals surface area contributed by atoms with Gasteiger partial charge < -0.3 is 15.4 Å². The Morgan fingerprint density at radius 3 is 2.59 bits per heavy atom. The van der Waals surface area contributed by atoms with Gasteiger partial charge in [0.05, 0.1) is 18.2 Å². The van der Waals surface area contributed by atoms with Gasteiger partial charge in [-0.2, -0.15) is 0 Å². The second-order valence-corrected chi connectivity index (χ2v) is 9.10. The highest BCUT2D eigenvalue weighted by Crippen LogP contribution is 2.17. The molecule has 2 N–H and O–H groups in total. The molecule has 0 aliphatic carbocycles. The van der Waals surface area contributed by atoms with Crippen LogP contribution < -0.4 is 15.4 Å². The summed E-state index contributed by atoms with van der Waals surface area (Å²) in [4.78, 5) is 17.1. The number of fused-ring (bicyclic) bond motifs is 1. The smallest absolute Gasteiger partial charge is 0.276 e. The van der Waals surface area contributed by atoms with Gasteiger partial charge in [0.1, 0.15) is 11.6 Å². The van der Waals surface area contributed by atoms with Crippen molar-refractivity contribution in [1.29, 1.82) is 0 Å². The van der Waals surface area contributed by atoms with Crippen LogP contribution in [0.2, 0.25) is 0 Å². The van der Waals surface area contributed by atoms with E-state index in [-0.39, 0.29) is 10.6 Å². The summed E-state index contributed by atoms with van der Waals surface area (Å²) in [7, 11) is -1.77. The molecule has 9 nitrogen and oxygen atoms in total. The Hall–Kier alpha value is -3.92. The molecule has 0 fully saturated rings. The molecule has 0 spiro atoms. The first-order valence-electron chi connectivity index (χ1n) is 9.66. The van der Waals surface area contributed by atoms with E-state index < -0.39 is 15.7 Å². The second-order valence-electron chi connectivity index (χ2n) is 7.09. The van der Waals surface area contributed by atoms with Crippen molar-refractivity contribution in [2.24, 2.45) is 0 Å². The number of nitrogens with zero attached hydrogens (tertiary/aromatic N) is 3. The molecule has 10 heteroatoms. The Balaban J connectivity index is 1.52. The van der Waals surface area contributed by atoms with Gasteiger partial charge in [-0.15, -0.1) is 5.10 Å². The molecule has 1 amide bonds. The van der Waals surface area contributed by atoms with Crippen molar-refractivity contribution in [3.8, 4) is 5.75 Å². The van der Waals surface area contributed by atoms with Crippen LogP contribution in [-0.4, -0.2) is 42.3 Å². The Morgan fingerprint density at radius 2 is 1.88 bits per heavy atom. The second kappa shape index (κ2) is 8.67. The number of amides is 1. The molecular formula is C22H21N5O4S. The van der Waals surface area contributed by atoms with Gasteiger partial charge in [0.25, 0.3) is 5.91 Å². The van der Waals surface area contributed by atoms with E-state index in [1.807, 2.05) is 24.3 Å². The Bertz CT molecular complexity index is 1380. The lowest BCUT2D eigenvalue weighted by Gasteiger charge is -2.09. The van der Waals surface area contributed by atoms with Crippen molar-refractivity contribution < 1.29 is 17.9 Å². The van der Waals surface area contributed by atoms with Gasteiger partial charge in [-0.25, -0.2) is 17.9 Å². The van der Waals surface area contributed by atoms with Crippen molar-refractivity contribution in [2.75, 3.05) is 24.0 Å². The summed E-state index contributed by atoms with van der Waals surface area (Å²) in [5.41, 5.74) is 2.14. The fourth-order valence-corrected chi connectivity index (χ4v) is 3.72. The van der Waals surface area contributed by atoms with Crippen LogP contribution >= 0.6 is 0 Å². The van der Waals surface area contributed by atoms with E-state index in [1.54, 1.807) is 31.4 Å². The zero-order valence-electron chi connectivity index (χ0n) is 17.4. The van der Waals surface area contributed by atoms with E-state index in [4.69, 9.17) is 4.74 Å². The molecule has 0 saturated heterocycles.